The van der Waals surface area contributed by atoms with Gasteiger partial charge in [-0.15, -0.1) is 0 Å². The van der Waals surface area contributed by atoms with Crippen LogP contribution in [0.25, 0.3) is 0 Å². The number of amides is 1. The molecule has 2 aliphatic rings. The van der Waals surface area contributed by atoms with Crippen LogP contribution in [0.2, 0.25) is 0 Å². The molecule has 2 saturated heterocycles. The van der Waals surface area contributed by atoms with Crippen molar-refractivity contribution in [1.82, 2.24) is 14.8 Å². The van der Waals surface area contributed by atoms with E-state index in [4.69, 9.17) is 0 Å². The number of piperidine rings is 1. The molecule has 2 N–H and O–H groups in total. The Bertz CT molecular complexity index is 860. The second kappa shape index (κ2) is 7.29. The number of carbonyl (C=O) groups is 1. The summed E-state index contributed by atoms with van der Waals surface area (Å²) in [5.74, 6) is -0.267. The Morgan fingerprint density at radius 2 is 1.81 bits per heavy atom. The van der Waals surface area contributed by atoms with Crippen LogP contribution in [-0.2, 0) is 5.60 Å². The third-order valence-corrected chi connectivity index (χ3v) is 5.90. The van der Waals surface area contributed by atoms with Crippen LogP contribution >= 0.6 is 0 Å². The molecule has 0 aliphatic carbocycles. The van der Waals surface area contributed by atoms with Crippen molar-refractivity contribution < 1.29 is 9.90 Å². The molecule has 0 saturated carbocycles. The highest BCUT2D eigenvalue weighted by molar-refractivity contribution is 5.93. The summed E-state index contributed by atoms with van der Waals surface area (Å²) < 4.78 is 0. The summed E-state index contributed by atoms with van der Waals surface area (Å²) in [6.07, 6.45) is 4.19. The minimum Gasteiger partial charge on any atom is -0.383 e. The molecule has 4 rings (SSSR count). The second-order valence-corrected chi connectivity index (χ2v) is 7.46. The van der Waals surface area contributed by atoms with Crippen molar-refractivity contribution in [2.75, 3.05) is 26.2 Å². The number of H-pyrrole nitrogens is 1. The molecule has 2 atom stereocenters. The lowest BCUT2D eigenvalue weighted by Gasteiger charge is -2.48. The Hall–Kier alpha value is -2.44. The molecular weight excluding hydrogens is 342 g/mol. The number of benzene rings is 1. The van der Waals surface area contributed by atoms with Crippen LogP contribution in [0.3, 0.4) is 0 Å². The van der Waals surface area contributed by atoms with Crippen molar-refractivity contribution in [2.45, 2.75) is 30.9 Å². The fraction of sp³-hybridized carbons (Fsp3) is 0.429. The van der Waals surface area contributed by atoms with Gasteiger partial charge in [0, 0.05) is 19.3 Å². The standard InChI is InChI=1S/C21H25N3O3/c25-19-17(9-6-11-22-19)20(26)24-14-10-21(27,16-7-2-1-3-8-16)18(15-24)23-12-4-5-13-23/h1-3,6-9,11,18,27H,4-5,10,12-15H2,(H,22,25)/t18-,21+/m1/s1. The van der Waals surface area contributed by atoms with Crippen LogP contribution in [0.4, 0.5) is 0 Å². The molecule has 1 aromatic heterocycles. The molecule has 0 spiro atoms. The first kappa shape index (κ1) is 17.9. The monoisotopic (exact) mass is 367 g/mol. The van der Waals surface area contributed by atoms with E-state index in [1.807, 2.05) is 30.3 Å². The summed E-state index contributed by atoms with van der Waals surface area (Å²) in [5.41, 5.74) is -0.315. The Labute approximate surface area is 158 Å². The second-order valence-electron chi connectivity index (χ2n) is 7.46. The summed E-state index contributed by atoms with van der Waals surface area (Å²) >= 11 is 0. The highest BCUT2D eigenvalue weighted by Crippen LogP contribution is 2.37. The maximum atomic E-state index is 12.9. The lowest BCUT2D eigenvalue weighted by molar-refractivity contribution is -0.0878. The minimum absolute atomic E-state index is 0.155. The van der Waals surface area contributed by atoms with Crippen molar-refractivity contribution in [3.05, 3.63) is 70.1 Å². The number of likely N-dealkylation sites (tertiary alicyclic amines) is 2. The van der Waals surface area contributed by atoms with Gasteiger partial charge < -0.3 is 15.0 Å². The fourth-order valence-electron chi connectivity index (χ4n) is 4.40. The molecule has 1 aromatic carbocycles. The van der Waals surface area contributed by atoms with Crippen LogP contribution in [0.1, 0.15) is 35.2 Å². The Morgan fingerprint density at radius 3 is 2.52 bits per heavy atom. The van der Waals surface area contributed by atoms with Gasteiger partial charge in [0.15, 0.2) is 0 Å². The molecule has 0 bridgehead atoms. The van der Waals surface area contributed by atoms with E-state index in [2.05, 4.69) is 9.88 Å². The van der Waals surface area contributed by atoms with Crippen LogP contribution in [0, 0.1) is 0 Å². The van der Waals surface area contributed by atoms with Gasteiger partial charge in [0.2, 0.25) is 0 Å². The zero-order valence-electron chi connectivity index (χ0n) is 15.3. The average molecular weight is 367 g/mol. The minimum atomic E-state index is -0.995. The number of aliphatic hydroxyl groups is 1. The van der Waals surface area contributed by atoms with E-state index >= 15 is 0 Å². The molecule has 3 heterocycles. The maximum Gasteiger partial charge on any atom is 0.260 e. The quantitative estimate of drug-likeness (QED) is 0.863. The number of carbonyl (C=O) groups excluding carboxylic acids is 1. The highest BCUT2D eigenvalue weighted by Gasteiger charge is 2.47. The van der Waals surface area contributed by atoms with E-state index in [0.29, 0.717) is 19.5 Å². The van der Waals surface area contributed by atoms with Gasteiger partial charge in [-0.25, -0.2) is 0 Å². The number of nitrogens with zero attached hydrogens (tertiary/aromatic N) is 2. The lowest BCUT2D eigenvalue weighted by atomic mass is 9.79. The molecule has 2 fully saturated rings. The lowest BCUT2D eigenvalue weighted by Crippen LogP contribution is -2.61. The van der Waals surface area contributed by atoms with Gasteiger partial charge in [-0.3, -0.25) is 14.5 Å². The van der Waals surface area contributed by atoms with Gasteiger partial charge in [-0.1, -0.05) is 30.3 Å². The first-order chi connectivity index (χ1) is 13.1. The maximum absolute atomic E-state index is 12.9. The van der Waals surface area contributed by atoms with Crippen LogP contribution in [0.15, 0.2) is 53.5 Å². The van der Waals surface area contributed by atoms with E-state index in [1.165, 1.54) is 6.20 Å². The number of aromatic nitrogens is 1. The zero-order chi connectivity index (χ0) is 18.9. The Morgan fingerprint density at radius 1 is 1.07 bits per heavy atom. The molecule has 6 nitrogen and oxygen atoms in total. The molecule has 142 valence electrons. The highest BCUT2D eigenvalue weighted by atomic mass is 16.3. The number of nitrogens with one attached hydrogen (secondary N) is 1. The smallest absolute Gasteiger partial charge is 0.260 e. The largest absolute Gasteiger partial charge is 0.383 e. The van der Waals surface area contributed by atoms with E-state index < -0.39 is 5.60 Å². The number of rotatable bonds is 3. The molecular formula is C21H25N3O3. The number of aromatic amines is 1. The van der Waals surface area contributed by atoms with E-state index in [9.17, 15) is 14.7 Å². The van der Waals surface area contributed by atoms with E-state index in [0.717, 1.165) is 31.5 Å². The molecule has 2 aromatic rings. The van der Waals surface area contributed by atoms with Gasteiger partial charge in [0.05, 0.1) is 6.04 Å². The number of hydrogen-bond acceptors (Lipinski definition) is 4. The number of hydrogen-bond donors (Lipinski definition) is 2. The molecule has 2 aliphatic heterocycles. The average Bonchev–Trinajstić information content (AvgIpc) is 3.23. The topological polar surface area (TPSA) is 76.6 Å². The van der Waals surface area contributed by atoms with Crippen LogP contribution in [-0.4, -0.2) is 58.0 Å². The summed E-state index contributed by atoms with van der Waals surface area (Å²) in [6.45, 7) is 2.68. The van der Waals surface area contributed by atoms with Gasteiger partial charge in [0.25, 0.3) is 11.5 Å². The zero-order valence-corrected chi connectivity index (χ0v) is 15.3. The first-order valence-corrected chi connectivity index (χ1v) is 9.58. The molecule has 0 radical (unpaired) electrons. The van der Waals surface area contributed by atoms with Gasteiger partial charge in [0.1, 0.15) is 11.2 Å². The van der Waals surface area contributed by atoms with Crippen molar-refractivity contribution in [3.63, 3.8) is 0 Å². The van der Waals surface area contributed by atoms with Crippen molar-refractivity contribution in [1.29, 1.82) is 0 Å². The predicted molar refractivity (Wildman–Crippen MR) is 103 cm³/mol. The van der Waals surface area contributed by atoms with Crippen molar-refractivity contribution in [2.24, 2.45) is 0 Å². The third-order valence-electron chi connectivity index (χ3n) is 5.90. The first-order valence-electron chi connectivity index (χ1n) is 9.58. The van der Waals surface area contributed by atoms with Gasteiger partial charge in [-0.2, -0.15) is 0 Å². The normalized spacial score (nSPS) is 26.3. The molecule has 27 heavy (non-hydrogen) atoms. The third kappa shape index (κ3) is 3.31. The Kier molecular flexibility index (Phi) is 4.85. The summed E-state index contributed by atoms with van der Waals surface area (Å²) in [6, 6.07) is 12.8. The molecule has 0 unspecified atom stereocenters. The van der Waals surface area contributed by atoms with Gasteiger partial charge >= 0.3 is 0 Å². The van der Waals surface area contributed by atoms with Crippen molar-refractivity contribution >= 4 is 5.91 Å². The molecule has 6 heteroatoms. The Balaban J connectivity index is 1.64. The number of pyridine rings is 1. The van der Waals surface area contributed by atoms with E-state index in [-0.39, 0.29) is 23.1 Å². The SMILES string of the molecule is O=C(c1ccc[nH]c1=O)N1CC[C@](O)(c2ccccc2)[C@H](N2CCCC2)C1. The summed E-state index contributed by atoms with van der Waals surface area (Å²) in [7, 11) is 0. The summed E-state index contributed by atoms with van der Waals surface area (Å²) in [5, 5.41) is 11.6. The predicted octanol–water partition coefficient (Wildman–Crippen LogP) is 1.57. The van der Waals surface area contributed by atoms with Crippen LogP contribution < -0.4 is 5.56 Å². The van der Waals surface area contributed by atoms with E-state index in [1.54, 1.807) is 17.0 Å². The fourth-order valence-corrected chi connectivity index (χ4v) is 4.40. The molecule has 1 amide bonds. The summed E-state index contributed by atoms with van der Waals surface area (Å²) in [4.78, 5) is 31.5. The van der Waals surface area contributed by atoms with Crippen LogP contribution in [0.5, 0.6) is 0 Å². The van der Waals surface area contributed by atoms with Crippen molar-refractivity contribution in [3.8, 4) is 0 Å². The van der Waals surface area contributed by atoms with Gasteiger partial charge in [-0.05, 0) is 50.0 Å².